The third-order valence-electron chi connectivity index (χ3n) is 3.00. The zero-order valence-corrected chi connectivity index (χ0v) is 9.49. The predicted octanol–water partition coefficient (Wildman–Crippen LogP) is 3.39. The molecule has 1 N–H and O–H groups in total. The van der Waals surface area contributed by atoms with E-state index >= 15 is 0 Å². The molecule has 0 aliphatic rings. The van der Waals surface area contributed by atoms with Crippen LogP contribution in [0.1, 0.15) is 0 Å². The fourth-order valence-electron chi connectivity index (χ4n) is 2.23. The molecule has 0 spiro atoms. The number of anilines is 1. The van der Waals surface area contributed by atoms with E-state index in [-0.39, 0.29) is 0 Å². The average Bonchev–Trinajstić information content (AvgIpc) is 2.67. The first-order valence-corrected chi connectivity index (χ1v) is 5.44. The number of aromatic nitrogens is 1. The van der Waals surface area contributed by atoms with Gasteiger partial charge in [0.2, 0.25) is 0 Å². The maximum atomic E-state index is 3.49. The Morgan fingerprint density at radius 1 is 0.875 bits per heavy atom. The second-order valence-electron chi connectivity index (χ2n) is 4.26. The molecule has 0 saturated heterocycles. The van der Waals surface area contributed by atoms with Crippen molar-refractivity contribution in [2.24, 2.45) is 0 Å². The molecule has 0 bridgehead atoms. The van der Waals surface area contributed by atoms with Crippen molar-refractivity contribution in [2.45, 2.75) is 0 Å². The third kappa shape index (κ3) is 1.20. The Morgan fingerprint density at radius 2 is 1.62 bits per heavy atom. The van der Waals surface area contributed by atoms with E-state index in [0.29, 0.717) is 0 Å². The number of para-hydroxylation sites is 2. The number of benzene rings is 2. The lowest BCUT2D eigenvalue weighted by atomic mass is 10.1. The van der Waals surface area contributed by atoms with E-state index in [4.69, 9.17) is 0 Å². The number of nitrogens with one attached hydrogen (secondary N) is 1. The average molecular weight is 210 g/mol. The van der Waals surface area contributed by atoms with Gasteiger partial charge in [-0.1, -0.05) is 30.3 Å². The first kappa shape index (κ1) is 9.28. The molecular formula is C14H14N2. The van der Waals surface area contributed by atoms with E-state index in [9.17, 15) is 0 Å². The maximum absolute atomic E-state index is 3.49. The summed E-state index contributed by atoms with van der Waals surface area (Å²) < 4.78 is 0. The van der Waals surface area contributed by atoms with Crippen LogP contribution in [-0.4, -0.2) is 19.1 Å². The molecule has 0 radical (unpaired) electrons. The molecule has 0 fully saturated rings. The molecule has 3 rings (SSSR count). The Hall–Kier alpha value is -1.96. The van der Waals surface area contributed by atoms with E-state index < -0.39 is 0 Å². The van der Waals surface area contributed by atoms with E-state index in [1.165, 1.54) is 27.5 Å². The number of fused-ring (bicyclic) bond motifs is 3. The van der Waals surface area contributed by atoms with Crippen molar-refractivity contribution in [3.63, 3.8) is 0 Å². The van der Waals surface area contributed by atoms with Gasteiger partial charge in [-0.15, -0.1) is 0 Å². The lowest BCUT2D eigenvalue weighted by molar-refractivity contribution is 1.14. The summed E-state index contributed by atoms with van der Waals surface area (Å²) in [5.74, 6) is 0. The lowest BCUT2D eigenvalue weighted by Gasteiger charge is -2.12. The van der Waals surface area contributed by atoms with Crippen LogP contribution in [0.25, 0.3) is 21.8 Å². The van der Waals surface area contributed by atoms with E-state index in [1.807, 2.05) is 0 Å². The van der Waals surface area contributed by atoms with Gasteiger partial charge in [0.1, 0.15) is 0 Å². The Morgan fingerprint density at radius 3 is 2.44 bits per heavy atom. The molecule has 0 saturated carbocycles. The van der Waals surface area contributed by atoms with Gasteiger partial charge in [0.15, 0.2) is 0 Å². The van der Waals surface area contributed by atoms with Gasteiger partial charge in [0, 0.05) is 30.4 Å². The van der Waals surface area contributed by atoms with Crippen molar-refractivity contribution in [2.75, 3.05) is 19.0 Å². The second kappa shape index (κ2) is 3.27. The predicted molar refractivity (Wildman–Crippen MR) is 70.1 cm³/mol. The quantitative estimate of drug-likeness (QED) is 0.652. The zero-order valence-electron chi connectivity index (χ0n) is 9.49. The fraction of sp³-hybridized carbons (Fsp3) is 0.143. The summed E-state index contributed by atoms with van der Waals surface area (Å²) >= 11 is 0. The van der Waals surface area contributed by atoms with E-state index in [2.05, 4.69) is 66.4 Å². The van der Waals surface area contributed by atoms with Crippen molar-refractivity contribution in [3.05, 3.63) is 42.5 Å². The minimum atomic E-state index is 1.20. The molecule has 0 aliphatic heterocycles. The minimum Gasteiger partial charge on any atom is -0.376 e. The Bertz CT molecular complexity index is 650. The topological polar surface area (TPSA) is 19.0 Å². The molecule has 2 nitrogen and oxygen atoms in total. The summed E-state index contributed by atoms with van der Waals surface area (Å²) in [6.07, 6.45) is 0. The Kier molecular flexibility index (Phi) is 1.90. The van der Waals surface area contributed by atoms with Gasteiger partial charge in [-0.2, -0.15) is 0 Å². The highest BCUT2D eigenvalue weighted by Crippen LogP contribution is 2.30. The first-order chi connectivity index (χ1) is 7.77. The molecular weight excluding hydrogens is 196 g/mol. The number of rotatable bonds is 1. The summed E-state index contributed by atoms with van der Waals surface area (Å²) in [5, 5.41) is 2.59. The van der Waals surface area contributed by atoms with Gasteiger partial charge >= 0.3 is 0 Å². The number of H-pyrrole nitrogens is 1. The monoisotopic (exact) mass is 210 g/mol. The molecule has 0 unspecified atom stereocenters. The molecule has 16 heavy (non-hydrogen) atoms. The molecule has 1 heterocycles. The van der Waals surface area contributed by atoms with Crippen molar-refractivity contribution >= 4 is 27.5 Å². The second-order valence-corrected chi connectivity index (χ2v) is 4.26. The van der Waals surface area contributed by atoms with Crippen LogP contribution in [0.3, 0.4) is 0 Å². The van der Waals surface area contributed by atoms with Crippen LogP contribution in [-0.2, 0) is 0 Å². The van der Waals surface area contributed by atoms with Crippen molar-refractivity contribution < 1.29 is 0 Å². The number of nitrogens with zero attached hydrogens (tertiary/aromatic N) is 1. The molecule has 80 valence electrons. The molecule has 0 aliphatic carbocycles. The summed E-state index contributed by atoms with van der Waals surface area (Å²) in [6, 6.07) is 14.8. The highest BCUT2D eigenvalue weighted by atomic mass is 15.1. The van der Waals surface area contributed by atoms with Crippen LogP contribution < -0.4 is 4.90 Å². The summed E-state index contributed by atoms with van der Waals surface area (Å²) in [5.41, 5.74) is 3.65. The summed E-state index contributed by atoms with van der Waals surface area (Å²) in [6.45, 7) is 0. The van der Waals surface area contributed by atoms with E-state index in [1.54, 1.807) is 0 Å². The van der Waals surface area contributed by atoms with E-state index in [0.717, 1.165) is 0 Å². The van der Waals surface area contributed by atoms with Crippen LogP contribution in [0.2, 0.25) is 0 Å². The van der Waals surface area contributed by atoms with Crippen LogP contribution >= 0.6 is 0 Å². The highest BCUT2D eigenvalue weighted by molar-refractivity contribution is 6.11. The molecule has 3 aromatic rings. The van der Waals surface area contributed by atoms with Gasteiger partial charge in [-0.25, -0.2) is 0 Å². The highest BCUT2D eigenvalue weighted by Gasteiger charge is 2.07. The molecule has 1 aromatic heterocycles. The number of hydrogen-bond donors (Lipinski definition) is 1. The SMILES string of the molecule is CN(C)c1cccc2c1[nH]c1ccccc12. The van der Waals surface area contributed by atoms with Crippen LogP contribution in [0.15, 0.2) is 42.5 Å². The molecule has 0 amide bonds. The lowest BCUT2D eigenvalue weighted by Crippen LogP contribution is -2.08. The molecule has 2 aromatic carbocycles. The minimum absolute atomic E-state index is 1.20. The first-order valence-electron chi connectivity index (χ1n) is 5.44. The number of aromatic amines is 1. The maximum Gasteiger partial charge on any atom is 0.0702 e. The zero-order chi connectivity index (χ0) is 11.1. The van der Waals surface area contributed by atoms with Gasteiger partial charge < -0.3 is 9.88 Å². The largest absolute Gasteiger partial charge is 0.376 e. The van der Waals surface area contributed by atoms with Crippen LogP contribution in [0.5, 0.6) is 0 Å². The van der Waals surface area contributed by atoms with Crippen LogP contribution in [0, 0.1) is 0 Å². The Labute approximate surface area is 94.5 Å². The van der Waals surface area contributed by atoms with Crippen LogP contribution in [0.4, 0.5) is 5.69 Å². The molecule has 0 atom stereocenters. The summed E-state index contributed by atoms with van der Waals surface area (Å²) in [4.78, 5) is 5.62. The van der Waals surface area contributed by atoms with Gasteiger partial charge in [0.25, 0.3) is 0 Å². The summed E-state index contributed by atoms with van der Waals surface area (Å²) in [7, 11) is 4.14. The van der Waals surface area contributed by atoms with Gasteiger partial charge in [-0.05, 0) is 12.1 Å². The van der Waals surface area contributed by atoms with Crippen molar-refractivity contribution in [1.82, 2.24) is 4.98 Å². The van der Waals surface area contributed by atoms with Gasteiger partial charge in [0.05, 0.1) is 11.2 Å². The fourth-order valence-corrected chi connectivity index (χ4v) is 2.23. The van der Waals surface area contributed by atoms with Crippen molar-refractivity contribution in [1.29, 1.82) is 0 Å². The van der Waals surface area contributed by atoms with Gasteiger partial charge in [-0.3, -0.25) is 0 Å². The number of hydrogen-bond acceptors (Lipinski definition) is 1. The smallest absolute Gasteiger partial charge is 0.0702 e. The standard InChI is InChI=1S/C14H14N2/c1-16(2)13-9-5-7-11-10-6-3-4-8-12(10)15-14(11)13/h3-9,15H,1-2H3. The Balaban J connectivity index is 2.49. The normalized spacial score (nSPS) is 11.1. The molecule has 2 heteroatoms. The van der Waals surface area contributed by atoms with Crippen molar-refractivity contribution in [3.8, 4) is 0 Å². The third-order valence-corrected chi connectivity index (χ3v) is 3.00.